The van der Waals surface area contributed by atoms with Crippen LogP contribution in [0.15, 0.2) is 95.9 Å². The first-order valence-corrected chi connectivity index (χ1v) is 16.4. The Morgan fingerprint density at radius 2 is 1.75 bits per heavy atom. The lowest BCUT2D eigenvalue weighted by atomic mass is 9.88. The molecule has 4 aromatic rings. The van der Waals surface area contributed by atoms with E-state index in [0.717, 1.165) is 36.0 Å². The highest BCUT2D eigenvalue weighted by atomic mass is 32.2. The van der Waals surface area contributed by atoms with Crippen molar-refractivity contribution in [2.45, 2.75) is 55.1 Å². The number of nitrogens with zero attached hydrogens (tertiary/aromatic N) is 2. The van der Waals surface area contributed by atoms with E-state index >= 15 is 0 Å². The number of Topliss-reactive ketones (excluding diaryl/α,β-unsaturated/α-hetero) is 1. The molecule has 2 heterocycles. The summed E-state index contributed by atoms with van der Waals surface area (Å²) >= 11 is 0. The molecule has 1 aromatic heterocycles. The van der Waals surface area contributed by atoms with Crippen LogP contribution in [0.25, 0.3) is 11.3 Å². The SMILES string of the molecule is COc1ccc(C2(C(=O)Cc3cccc(-c4ccc(S(=O)(=O)N5CCC[C@@H]5CO)cc4)n3)CC2)cc1OCc1ccccc1. The molecule has 1 aliphatic heterocycles. The van der Waals surface area contributed by atoms with E-state index in [2.05, 4.69) is 0 Å². The van der Waals surface area contributed by atoms with Gasteiger partial charge in [0.25, 0.3) is 0 Å². The first kappa shape index (κ1) is 30.0. The van der Waals surface area contributed by atoms with E-state index in [4.69, 9.17) is 14.5 Å². The molecule has 0 bridgehead atoms. The predicted molar refractivity (Wildman–Crippen MR) is 167 cm³/mol. The molecule has 0 unspecified atom stereocenters. The van der Waals surface area contributed by atoms with E-state index in [0.29, 0.717) is 42.5 Å². The zero-order valence-electron chi connectivity index (χ0n) is 24.7. The number of sulfonamides is 1. The molecule has 1 saturated carbocycles. The zero-order chi connectivity index (χ0) is 30.7. The summed E-state index contributed by atoms with van der Waals surface area (Å²) in [5, 5.41) is 9.59. The number of ketones is 1. The Morgan fingerprint density at radius 1 is 0.977 bits per heavy atom. The number of benzene rings is 3. The van der Waals surface area contributed by atoms with Gasteiger partial charge in [-0.3, -0.25) is 9.78 Å². The largest absolute Gasteiger partial charge is 0.493 e. The molecule has 228 valence electrons. The van der Waals surface area contributed by atoms with Crippen LogP contribution in [0.2, 0.25) is 0 Å². The van der Waals surface area contributed by atoms with Gasteiger partial charge >= 0.3 is 0 Å². The highest BCUT2D eigenvalue weighted by molar-refractivity contribution is 7.89. The maximum Gasteiger partial charge on any atom is 0.243 e. The van der Waals surface area contributed by atoms with E-state index in [1.54, 1.807) is 31.4 Å². The summed E-state index contributed by atoms with van der Waals surface area (Å²) in [6, 6.07) is 27.5. The molecular weight excluding hydrogens is 576 g/mol. The fourth-order valence-electron chi connectivity index (χ4n) is 5.99. The number of carbonyl (C=O) groups is 1. The molecule has 8 nitrogen and oxygen atoms in total. The number of ether oxygens (including phenoxy) is 2. The summed E-state index contributed by atoms with van der Waals surface area (Å²) in [5.41, 5.74) is 3.47. The van der Waals surface area contributed by atoms with E-state index in [1.165, 1.54) is 4.31 Å². The molecule has 0 radical (unpaired) electrons. The summed E-state index contributed by atoms with van der Waals surface area (Å²) in [6.07, 6.45) is 3.11. The van der Waals surface area contributed by atoms with Crippen LogP contribution < -0.4 is 9.47 Å². The highest BCUT2D eigenvalue weighted by Crippen LogP contribution is 2.51. The van der Waals surface area contributed by atoms with Gasteiger partial charge in [0.05, 0.1) is 29.7 Å². The van der Waals surface area contributed by atoms with Gasteiger partial charge < -0.3 is 14.6 Å². The van der Waals surface area contributed by atoms with Crippen molar-refractivity contribution in [2.24, 2.45) is 0 Å². The second-order valence-electron chi connectivity index (χ2n) is 11.5. The minimum absolute atomic E-state index is 0.104. The number of methoxy groups -OCH3 is 1. The van der Waals surface area contributed by atoms with Gasteiger partial charge in [0.15, 0.2) is 11.5 Å². The summed E-state index contributed by atoms with van der Waals surface area (Å²) in [4.78, 5) is 18.7. The predicted octanol–water partition coefficient (Wildman–Crippen LogP) is 5.33. The van der Waals surface area contributed by atoms with Crippen molar-refractivity contribution >= 4 is 15.8 Å². The molecule has 1 N–H and O–H groups in total. The van der Waals surface area contributed by atoms with E-state index < -0.39 is 15.4 Å². The lowest BCUT2D eigenvalue weighted by Crippen LogP contribution is -2.37. The quantitative estimate of drug-likeness (QED) is 0.231. The van der Waals surface area contributed by atoms with Crippen LogP contribution in [0.5, 0.6) is 11.5 Å². The fraction of sp³-hybridized carbons (Fsp3) is 0.314. The van der Waals surface area contributed by atoms with Crippen LogP contribution in [0.1, 0.15) is 42.5 Å². The van der Waals surface area contributed by atoms with Crippen molar-refractivity contribution in [3.63, 3.8) is 0 Å². The molecule has 0 spiro atoms. The smallest absolute Gasteiger partial charge is 0.243 e. The zero-order valence-corrected chi connectivity index (χ0v) is 25.5. The van der Waals surface area contributed by atoms with Crippen LogP contribution in [0, 0.1) is 0 Å². The van der Waals surface area contributed by atoms with Gasteiger partial charge in [-0.05, 0) is 73.2 Å². The van der Waals surface area contributed by atoms with Crippen LogP contribution in [0.3, 0.4) is 0 Å². The monoisotopic (exact) mass is 612 g/mol. The number of rotatable bonds is 12. The summed E-state index contributed by atoms with van der Waals surface area (Å²) < 4.78 is 39.3. The van der Waals surface area contributed by atoms with Gasteiger partial charge in [0, 0.05) is 30.3 Å². The van der Waals surface area contributed by atoms with Crippen LogP contribution in [0.4, 0.5) is 0 Å². The van der Waals surface area contributed by atoms with E-state index in [1.807, 2.05) is 66.7 Å². The molecule has 1 saturated heterocycles. The lowest BCUT2D eigenvalue weighted by Gasteiger charge is -2.22. The Balaban J connectivity index is 1.17. The average molecular weight is 613 g/mol. The third-order valence-corrected chi connectivity index (χ3v) is 10.6. The topological polar surface area (TPSA) is 106 Å². The number of hydrogen-bond donors (Lipinski definition) is 1. The number of aromatic nitrogens is 1. The Kier molecular flexibility index (Phi) is 8.53. The first-order chi connectivity index (χ1) is 21.3. The number of aliphatic hydroxyl groups is 1. The van der Waals surface area contributed by atoms with Gasteiger partial charge in [-0.15, -0.1) is 0 Å². The van der Waals surface area contributed by atoms with E-state index in [-0.39, 0.29) is 29.7 Å². The molecule has 9 heteroatoms. The Labute approximate surface area is 258 Å². The molecule has 6 rings (SSSR count). The molecule has 44 heavy (non-hydrogen) atoms. The molecule has 0 amide bonds. The van der Waals surface area contributed by atoms with Crippen molar-refractivity contribution < 1.29 is 27.8 Å². The van der Waals surface area contributed by atoms with Gasteiger partial charge in [-0.1, -0.05) is 54.6 Å². The normalized spacial score (nSPS) is 17.7. The summed E-state index contributed by atoms with van der Waals surface area (Å²) in [7, 11) is -2.09. The van der Waals surface area contributed by atoms with Crippen molar-refractivity contribution in [3.8, 4) is 22.8 Å². The maximum absolute atomic E-state index is 13.7. The first-order valence-electron chi connectivity index (χ1n) is 14.9. The third kappa shape index (κ3) is 6.00. The molecule has 1 aliphatic carbocycles. The van der Waals surface area contributed by atoms with Crippen molar-refractivity contribution in [2.75, 3.05) is 20.3 Å². The third-order valence-electron chi connectivity index (χ3n) is 8.68. The number of aliphatic hydroxyl groups excluding tert-OH is 1. The van der Waals surface area contributed by atoms with Crippen LogP contribution in [-0.2, 0) is 33.3 Å². The second kappa shape index (κ2) is 12.5. The maximum atomic E-state index is 13.7. The molecule has 1 atom stereocenters. The minimum Gasteiger partial charge on any atom is -0.493 e. The summed E-state index contributed by atoms with van der Waals surface area (Å²) in [5.74, 6) is 1.33. The van der Waals surface area contributed by atoms with Crippen LogP contribution in [-0.4, -0.2) is 54.9 Å². The minimum atomic E-state index is -3.69. The van der Waals surface area contributed by atoms with Gasteiger partial charge in [0.1, 0.15) is 12.4 Å². The average Bonchev–Trinajstić information content (AvgIpc) is 3.73. The number of hydrogen-bond acceptors (Lipinski definition) is 7. The molecule has 2 fully saturated rings. The number of carbonyl (C=O) groups excluding carboxylic acids is 1. The second-order valence-corrected chi connectivity index (χ2v) is 13.3. The van der Waals surface area contributed by atoms with E-state index in [9.17, 15) is 18.3 Å². The Bertz CT molecular complexity index is 1740. The lowest BCUT2D eigenvalue weighted by molar-refractivity contribution is -0.120. The molecular formula is C35H36N2O6S. The fourth-order valence-corrected chi connectivity index (χ4v) is 7.67. The van der Waals surface area contributed by atoms with Crippen molar-refractivity contribution in [1.82, 2.24) is 9.29 Å². The summed E-state index contributed by atoms with van der Waals surface area (Å²) in [6.45, 7) is 0.620. The standard InChI is InChI=1S/C35H36N2O6S/c1-42-32-17-14-27(21-33(32)43-24-25-7-3-2-4-8-25)35(18-19-35)34(39)22-28-9-5-11-31(36-28)26-12-15-30(16-13-26)44(40,41)37-20-6-10-29(37)23-38/h2-5,7-9,11-17,21,29,38H,6,10,18-20,22-24H2,1H3/t29-/m1/s1. The van der Waals surface area contributed by atoms with Crippen LogP contribution >= 0.6 is 0 Å². The molecule has 3 aromatic carbocycles. The number of pyridine rings is 1. The van der Waals surface area contributed by atoms with Gasteiger partial charge in [0.2, 0.25) is 10.0 Å². The van der Waals surface area contributed by atoms with Gasteiger partial charge in [-0.25, -0.2) is 8.42 Å². The molecule has 2 aliphatic rings. The Morgan fingerprint density at radius 3 is 2.45 bits per heavy atom. The highest BCUT2D eigenvalue weighted by Gasteiger charge is 2.50. The van der Waals surface area contributed by atoms with Gasteiger partial charge in [-0.2, -0.15) is 4.31 Å². The van der Waals surface area contributed by atoms with Crippen molar-refractivity contribution in [1.29, 1.82) is 0 Å². The van der Waals surface area contributed by atoms with Crippen molar-refractivity contribution in [3.05, 3.63) is 108 Å². The Hall–Kier alpha value is -4.05.